The molecule has 24 heavy (non-hydrogen) atoms. The van der Waals surface area contributed by atoms with Crippen LogP contribution in [-0.2, 0) is 11.3 Å². The first-order chi connectivity index (χ1) is 11.7. The van der Waals surface area contributed by atoms with E-state index in [1.54, 1.807) is 23.9 Å². The fourth-order valence-corrected chi connectivity index (χ4v) is 4.25. The third-order valence-electron chi connectivity index (χ3n) is 4.62. The van der Waals surface area contributed by atoms with Gasteiger partial charge in [-0.15, -0.1) is 11.3 Å². The van der Waals surface area contributed by atoms with Crippen molar-refractivity contribution in [2.75, 3.05) is 18.1 Å². The van der Waals surface area contributed by atoms with Crippen molar-refractivity contribution in [2.24, 2.45) is 0 Å². The van der Waals surface area contributed by atoms with E-state index in [0.29, 0.717) is 6.54 Å². The number of hydrogen-bond donors (Lipinski definition) is 0. The van der Waals surface area contributed by atoms with Gasteiger partial charge in [0.15, 0.2) is 0 Å². The van der Waals surface area contributed by atoms with E-state index in [4.69, 9.17) is 9.15 Å². The topological polar surface area (TPSA) is 51.4 Å². The highest BCUT2D eigenvalue weighted by Gasteiger charge is 2.24. The average molecular weight is 343 g/mol. The first kappa shape index (κ1) is 15.6. The van der Waals surface area contributed by atoms with Crippen LogP contribution in [0.3, 0.4) is 0 Å². The van der Waals surface area contributed by atoms with Crippen LogP contribution in [0.5, 0.6) is 0 Å². The molecule has 4 rings (SSSR count). The molecular formula is C18H21N3O2S. The number of rotatable bonds is 5. The standard InChI is InChI=1S/C18H21N3O2S/c1-12-13(2)24-18-16(12)17(19-11-20-18)21(9-14-5-3-7-22-14)10-15-6-4-8-23-15/h3,5,7,11,15H,4,6,8-10H2,1-2H3/t15-/m0/s1. The molecule has 1 saturated heterocycles. The Morgan fingerprint density at radius 2 is 2.25 bits per heavy atom. The van der Waals surface area contributed by atoms with Gasteiger partial charge in [-0.1, -0.05) is 0 Å². The Kier molecular flexibility index (Phi) is 4.24. The molecule has 0 aromatic carbocycles. The fraction of sp³-hybridized carbons (Fsp3) is 0.444. The highest BCUT2D eigenvalue weighted by atomic mass is 32.1. The molecule has 1 aliphatic heterocycles. The van der Waals surface area contributed by atoms with Crippen LogP contribution < -0.4 is 4.90 Å². The second-order valence-electron chi connectivity index (χ2n) is 6.26. The Bertz CT molecular complexity index is 822. The van der Waals surface area contributed by atoms with Crippen LogP contribution in [0.2, 0.25) is 0 Å². The van der Waals surface area contributed by atoms with Gasteiger partial charge < -0.3 is 14.1 Å². The van der Waals surface area contributed by atoms with Crippen LogP contribution in [-0.4, -0.2) is 29.2 Å². The van der Waals surface area contributed by atoms with E-state index >= 15 is 0 Å². The summed E-state index contributed by atoms with van der Waals surface area (Å²) in [5.74, 6) is 1.91. The van der Waals surface area contributed by atoms with Crippen LogP contribution in [0.4, 0.5) is 5.82 Å². The summed E-state index contributed by atoms with van der Waals surface area (Å²) in [6.07, 6.45) is 5.87. The highest BCUT2D eigenvalue weighted by Crippen LogP contribution is 2.35. The minimum Gasteiger partial charge on any atom is -0.467 e. The highest BCUT2D eigenvalue weighted by molar-refractivity contribution is 7.18. The molecule has 126 valence electrons. The molecule has 6 heteroatoms. The van der Waals surface area contributed by atoms with E-state index in [1.807, 2.05) is 12.1 Å². The van der Waals surface area contributed by atoms with Gasteiger partial charge in [0.05, 0.1) is 24.3 Å². The number of ether oxygens (including phenoxy) is 1. The lowest BCUT2D eigenvalue weighted by atomic mass is 10.1. The van der Waals surface area contributed by atoms with E-state index in [0.717, 1.165) is 47.8 Å². The van der Waals surface area contributed by atoms with Crippen molar-refractivity contribution in [3.05, 3.63) is 40.9 Å². The lowest BCUT2D eigenvalue weighted by Gasteiger charge is -2.26. The van der Waals surface area contributed by atoms with Crippen molar-refractivity contribution in [3.63, 3.8) is 0 Å². The van der Waals surface area contributed by atoms with E-state index in [-0.39, 0.29) is 6.10 Å². The number of anilines is 1. The molecule has 1 atom stereocenters. The Balaban J connectivity index is 1.74. The summed E-state index contributed by atoms with van der Waals surface area (Å²) in [6, 6.07) is 3.93. The molecule has 1 aliphatic rings. The fourth-order valence-electron chi connectivity index (χ4n) is 3.25. The molecule has 4 heterocycles. The molecule has 0 amide bonds. The number of aryl methyl sites for hydroxylation is 2. The first-order valence-electron chi connectivity index (χ1n) is 8.32. The lowest BCUT2D eigenvalue weighted by Crippen LogP contribution is -2.32. The van der Waals surface area contributed by atoms with Crippen molar-refractivity contribution in [1.82, 2.24) is 9.97 Å². The molecule has 1 fully saturated rings. The maximum atomic E-state index is 5.86. The van der Waals surface area contributed by atoms with E-state index in [1.165, 1.54) is 10.4 Å². The zero-order valence-electron chi connectivity index (χ0n) is 14.0. The zero-order chi connectivity index (χ0) is 16.5. The van der Waals surface area contributed by atoms with Crippen molar-refractivity contribution in [2.45, 2.75) is 39.3 Å². The minimum atomic E-state index is 0.255. The van der Waals surface area contributed by atoms with Crippen LogP contribution in [0, 0.1) is 13.8 Å². The zero-order valence-corrected chi connectivity index (χ0v) is 14.8. The number of nitrogens with zero attached hydrogens (tertiary/aromatic N) is 3. The summed E-state index contributed by atoms with van der Waals surface area (Å²) in [6.45, 7) is 6.66. The van der Waals surface area contributed by atoms with Gasteiger partial charge in [-0.3, -0.25) is 0 Å². The van der Waals surface area contributed by atoms with Gasteiger partial charge in [-0.2, -0.15) is 0 Å². The summed E-state index contributed by atoms with van der Waals surface area (Å²) in [4.78, 5) is 13.7. The first-order valence-corrected chi connectivity index (χ1v) is 9.13. The molecule has 0 saturated carbocycles. The van der Waals surface area contributed by atoms with E-state index in [9.17, 15) is 0 Å². The maximum Gasteiger partial charge on any atom is 0.141 e. The number of thiophene rings is 1. The largest absolute Gasteiger partial charge is 0.467 e. The van der Waals surface area contributed by atoms with Gasteiger partial charge in [-0.05, 0) is 44.4 Å². The Morgan fingerprint density at radius 1 is 1.33 bits per heavy atom. The summed E-state index contributed by atoms with van der Waals surface area (Å²) in [5.41, 5.74) is 1.27. The molecule has 3 aromatic rings. The number of furan rings is 1. The maximum absolute atomic E-state index is 5.86. The number of fused-ring (bicyclic) bond motifs is 1. The molecule has 0 aliphatic carbocycles. The average Bonchev–Trinajstić information content (AvgIpc) is 3.31. The Labute approximate surface area is 145 Å². The van der Waals surface area contributed by atoms with Gasteiger partial charge in [-0.25, -0.2) is 9.97 Å². The summed E-state index contributed by atoms with van der Waals surface area (Å²) in [5, 5.41) is 1.16. The van der Waals surface area contributed by atoms with Gasteiger partial charge in [0, 0.05) is 18.0 Å². The predicted octanol–water partition coefficient (Wildman–Crippen LogP) is 4.09. The molecule has 0 unspecified atom stereocenters. The van der Waals surface area contributed by atoms with Gasteiger partial charge in [0.25, 0.3) is 0 Å². The minimum absolute atomic E-state index is 0.255. The normalized spacial score (nSPS) is 17.7. The summed E-state index contributed by atoms with van der Waals surface area (Å²) >= 11 is 1.73. The van der Waals surface area contributed by atoms with Crippen LogP contribution in [0.25, 0.3) is 10.2 Å². The van der Waals surface area contributed by atoms with Crippen molar-refractivity contribution in [1.29, 1.82) is 0 Å². The quantitative estimate of drug-likeness (QED) is 0.698. The van der Waals surface area contributed by atoms with Crippen LogP contribution >= 0.6 is 11.3 Å². The molecule has 3 aromatic heterocycles. The van der Waals surface area contributed by atoms with Gasteiger partial charge >= 0.3 is 0 Å². The SMILES string of the molecule is Cc1sc2ncnc(N(Cc3ccco3)C[C@@H]3CCCO3)c2c1C. The van der Waals surface area contributed by atoms with E-state index < -0.39 is 0 Å². The van der Waals surface area contributed by atoms with Gasteiger partial charge in [0.2, 0.25) is 0 Å². The molecule has 0 radical (unpaired) electrons. The third kappa shape index (κ3) is 2.91. The van der Waals surface area contributed by atoms with Crippen LogP contribution in [0.1, 0.15) is 29.0 Å². The predicted molar refractivity (Wildman–Crippen MR) is 95.6 cm³/mol. The third-order valence-corrected chi connectivity index (χ3v) is 5.73. The molecule has 0 N–H and O–H groups in total. The molecule has 0 bridgehead atoms. The second kappa shape index (κ2) is 6.53. The lowest BCUT2D eigenvalue weighted by molar-refractivity contribution is 0.115. The van der Waals surface area contributed by atoms with E-state index in [2.05, 4.69) is 28.7 Å². The summed E-state index contributed by atoms with van der Waals surface area (Å²) < 4.78 is 11.4. The van der Waals surface area contributed by atoms with Crippen molar-refractivity contribution in [3.8, 4) is 0 Å². The Morgan fingerprint density at radius 3 is 3.00 bits per heavy atom. The van der Waals surface area contributed by atoms with Gasteiger partial charge in [0.1, 0.15) is 22.7 Å². The number of aromatic nitrogens is 2. The number of hydrogen-bond acceptors (Lipinski definition) is 6. The summed E-state index contributed by atoms with van der Waals surface area (Å²) in [7, 11) is 0. The molecule has 0 spiro atoms. The van der Waals surface area contributed by atoms with Crippen LogP contribution in [0.15, 0.2) is 29.1 Å². The smallest absolute Gasteiger partial charge is 0.141 e. The van der Waals surface area contributed by atoms with Crippen molar-refractivity contribution < 1.29 is 9.15 Å². The molecule has 5 nitrogen and oxygen atoms in total. The monoisotopic (exact) mass is 343 g/mol. The van der Waals surface area contributed by atoms with Crippen molar-refractivity contribution >= 4 is 27.4 Å². The second-order valence-corrected chi connectivity index (χ2v) is 7.46. The molecular weight excluding hydrogens is 322 g/mol. The Hall–Kier alpha value is -1.92.